The summed E-state index contributed by atoms with van der Waals surface area (Å²) < 4.78 is 1.33. The fourth-order valence-electron chi connectivity index (χ4n) is 3.39. The molecule has 2 fully saturated rings. The molecule has 20 heavy (non-hydrogen) atoms. The molecule has 1 aromatic carbocycles. The Morgan fingerprint density at radius 3 is 2.65 bits per heavy atom. The smallest absolute Gasteiger partial charge is 0.0253 e. The first-order valence-electron chi connectivity index (χ1n) is 7.98. The number of nitrogens with zero attached hydrogens (tertiary/aromatic N) is 1. The van der Waals surface area contributed by atoms with Crippen molar-refractivity contribution in [2.75, 3.05) is 13.1 Å². The van der Waals surface area contributed by atoms with Gasteiger partial charge in [0.15, 0.2) is 0 Å². The molecule has 1 heterocycles. The lowest BCUT2D eigenvalue weighted by Crippen LogP contribution is -2.56. The van der Waals surface area contributed by atoms with Crippen LogP contribution in [0.5, 0.6) is 0 Å². The number of hydrogen-bond acceptors (Lipinski definition) is 2. The second-order valence-corrected chi connectivity index (χ2v) is 7.60. The van der Waals surface area contributed by atoms with Gasteiger partial charge in [0.05, 0.1) is 0 Å². The first-order valence-corrected chi connectivity index (χ1v) is 9.06. The van der Waals surface area contributed by atoms with E-state index >= 15 is 0 Å². The summed E-state index contributed by atoms with van der Waals surface area (Å²) in [5.41, 5.74) is 1.47. The van der Waals surface area contributed by atoms with Crippen molar-refractivity contribution in [2.24, 2.45) is 5.92 Å². The second-order valence-electron chi connectivity index (χ2n) is 6.35. The highest BCUT2D eigenvalue weighted by atomic mass is 127. The average molecular weight is 384 g/mol. The molecule has 1 saturated carbocycles. The van der Waals surface area contributed by atoms with Crippen LogP contribution in [0.15, 0.2) is 24.3 Å². The maximum atomic E-state index is 3.77. The topological polar surface area (TPSA) is 15.3 Å². The largest absolute Gasteiger partial charge is 0.311 e. The summed E-state index contributed by atoms with van der Waals surface area (Å²) in [5.74, 6) is 0.953. The van der Waals surface area contributed by atoms with Crippen LogP contribution in [-0.4, -0.2) is 30.1 Å². The van der Waals surface area contributed by atoms with Crippen molar-refractivity contribution >= 4 is 22.6 Å². The van der Waals surface area contributed by atoms with Gasteiger partial charge < -0.3 is 5.32 Å². The number of rotatable bonds is 5. The number of piperazine rings is 1. The van der Waals surface area contributed by atoms with Gasteiger partial charge in [0.25, 0.3) is 0 Å². The maximum absolute atomic E-state index is 3.77. The minimum atomic E-state index is 0.693. The predicted octanol–water partition coefficient (Wildman–Crippen LogP) is 3.64. The molecule has 2 nitrogen and oxygen atoms in total. The zero-order chi connectivity index (χ0) is 13.9. The van der Waals surface area contributed by atoms with E-state index < -0.39 is 0 Å². The minimum absolute atomic E-state index is 0.693. The van der Waals surface area contributed by atoms with Crippen LogP contribution in [0.3, 0.4) is 0 Å². The van der Waals surface area contributed by atoms with Gasteiger partial charge in [0, 0.05) is 35.3 Å². The Kier molecular flexibility index (Phi) is 5.00. The summed E-state index contributed by atoms with van der Waals surface area (Å²) in [4.78, 5) is 2.75. The third kappa shape index (κ3) is 3.74. The van der Waals surface area contributed by atoms with Crippen LogP contribution in [0, 0.1) is 9.49 Å². The monoisotopic (exact) mass is 384 g/mol. The van der Waals surface area contributed by atoms with Crippen molar-refractivity contribution in [1.82, 2.24) is 10.2 Å². The molecular formula is C17H25IN2. The van der Waals surface area contributed by atoms with E-state index in [0.717, 1.165) is 18.5 Å². The van der Waals surface area contributed by atoms with Crippen molar-refractivity contribution in [3.05, 3.63) is 33.4 Å². The summed E-state index contributed by atoms with van der Waals surface area (Å²) >= 11 is 2.38. The van der Waals surface area contributed by atoms with E-state index in [9.17, 15) is 0 Å². The van der Waals surface area contributed by atoms with Crippen molar-refractivity contribution in [3.8, 4) is 0 Å². The molecule has 3 heteroatoms. The molecule has 2 unspecified atom stereocenters. The van der Waals surface area contributed by atoms with E-state index in [1.165, 1.54) is 47.9 Å². The molecule has 0 spiro atoms. The maximum Gasteiger partial charge on any atom is 0.0253 e. The Morgan fingerprint density at radius 2 is 2.00 bits per heavy atom. The lowest BCUT2D eigenvalue weighted by Gasteiger charge is -2.41. The standard InChI is InChI=1S/C17H25IN2/c1-2-3-16-12-20(17(10-19-16)14-6-7-14)11-13-4-8-15(18)9-5-13/h4-5,8-9,14,16-17,19H,2-3,6-7,10-12H2,1H3. The molecule has 110 valence electrons. The van der Waals surface area contributed by atoms with Crippen LogP contribution in [0.4, 0.5) is 0 Å². The van der Waals surface area contributed by atoms with Gasteiger partial charge in [-0.1, -0.05) is 25.5 Å². The molecule has 0 aromatic heterocycles. The first-order chi connectivity index (χ1) is 9.76. The van der Waals surface area contributed by atoms with E-state index in [-0.39, 0.29) is 0 Å². The Balaban J connectivity index is 1.67. The van der Waals surface area contributed by atoms with Crippen molar-refractivity contribution in [2.45, 2.75) is 51.2 Å². The summed E-state index contributed by atoms with van der Waals surface area (Å²) in [5, 5.41) is 3.77. The summed E-state index contributed by atoms with van der Waals surface area (Å²) in [7, 11) is 0. The van der Waals surface area contributed by atoms with Crippen molar-refractivity contribution in [1.29, 1.82) is 0 Å². The summed E-state index contributed by atoms with van der Waals surface area (Å²) in [6, 6.07) is 10.5. The lowest BCUT2D eigenvalue weighted by atomic mass is 10.0. The highest BCUT2D eigenvalue weighted by Crippen LogP contribution is 2.37. The molecule has 1 saturated heterocycles. The number of halogens is 1. The first kappa shape index (κ1) is 14.8. The quantitative estimate of drug-likeness (QED) is 0.780. The molecule has 0 radical (unpaired) electrons. The Labute approximate surface area is 136 Å². The molecular weight excluding hydrogens is 359 g/mol. The van der Waals surface area contributed by atoms with E-state index in [4.69, 9.17) is 0 Å². The molecule has 1 aliphatic carbocycles. The van der Waals surface area contributed by atoms with Gasteiger partial charge in [-0.3, -0.25) is 4.90 Å². The second kappa shape index (κ2) is 6.75. The molecule has 2 aliphatic rings. The van der Waals surface area contributed by atoms with Gasteiger partial charge in [0.2, 0.25) is 0 Å². The van der Waals surface area contributed by atoms with Crippen LogP contribution in [0.2, 0.25) is 0 Å². The SMILES string of the molecule is CCCC1CN(Cc2ccc(I)cc2)C(C2CC2)CN1. The van der Waals surface area contributed by atoms with Crippen LogP contribution in [0.1, 0.15) is 38.2 Å². The van der Waals surface area contributed by atoms with Crippen LogP contribution >= 0.6 is 22.6 Å². The molecule has 1 aliphatic heterocycles. The average Bonchev–Trinajstić information content (AvgIpc) is 3.27. The van der Waals surface area contributed by atoms with Gasteiger partial charge in [0.1, 0.15) is 0 Å². The Hall–Kier alpha value is -0.130. The van der Waals surface area contributed by atoms with Gasteiger partial charge >= 0.3 is 0 Å². The Bertz CT molecular complexity index is 427. The molecule has 1 N–H and O–H groups in total. The van der Waals surface area contributed by atoms with E-state index in [1.54, 1.807) is 0 Å². The third-order valence-electron chi connectivity index (χ3n) is 4.64. The van der Waals surface area contributed by atoms with Crippen LogP contribution < -0.4 is 5.32 Å². The van der Waals surface area contributed by atoms with Gasteiger partial charge in [-0.15, -0.1) is 0 Å². The third-order valence-corrected chi connectivity index (χ3v) is 5.36. The zero-order valence-corrected chi connectivity index (χ0v) is 14.5. The Morgan fingerprint density at radius 1 is 1.25 bits per heavy atom. The van der Waals surface area contributed by atoms with E-state index in [0.29, 0.717) is 6.04 Å². The minimum Gasteiger partial charge on any atom is -0.311 e. The van der Waals surface area contributed by atoms with E-state index in [1.807, 2.05) is 0 Å². The van der Waals surface area contributed by atoms with Crippen LogP contribution in [0.25, 0.3) is 0 Å². The molecule has 1 aromatic rings. The molecule has 2 atom stereocenters. The fourth-order valence-corrected chi connectivity index (χ4v) is 3.75. The van der Waals surface area contributed by atoms with Gasteiger partial charge in [-0.05, 0) is 65.5 Å². The van der Waals surface area contributed by atoms with Crippen LogP contribution in [-0.2, 0) is 6.54 Å². The van der Waals surface area contributed by atoms with Crippen molar-refractivity contribution < 1.29 is 0 Å². The highest BCUT2D eigenvalue weighted by Gasteiger charge is 2.38. The fraction of sp³-hybridized carbons (Fsp3) is 0.647. The number of hydrogen-bond donors (Lipinski definition) is 1. The molecule has 0 amide bonds. The van der Waals surface area contributed by atoms with Gasteiger partial charge in [-0.25, -0.2) is 0 Å². The lowest BCUT2D eigenvalue weighted by molar-refractivity contribution is 0.104. The molecule has 0 bridgehead atoms. The summed E-state index contributed by atoms with van der Waals surface area (Å²) in [6.45, 7) is 5.83. The predicted molar refractivity (Wildman–Crippen MR) is 92.8 cm³/mol. The normalized spacial score (nSPS) is 27.7. The number of nitrogens with one attached hydrogen (secondary N) is 1. The van der Waals surface area contributed by atoms with Gasteiger partial charge in [-0.2, -0.15) is 0 Å². The zero-order valence-electron chi connectivity index (χ0n) is 12.3. The highest BCUT2D eigenvalue weighted by molar-refractivity contribution is 14.1. The molecule has 3 rings (SSSR count). The summed E-state index contributed by atoms with van der Waals surface area (Å²) in [6.07, 6.45) is 5.46. The van der Waals surface area contributed by atoms with E-state index in [2.05, 4.69) is 64.0 Å². The van der Waals surface area contributed by atoms with Crippen molar-refractivity contribution in [3.63, 3.8) is 0 Å². The number of benzene rings is 1.